The fourth-order valence-electron chi connectivity index (χ4n) is 2.58. The third-order valence-electron chi connectivity index (χ3n) is 3.96. The van der Waals surface area contributed by atoms with Crippen LogP contribution in [0.15, 0.2) is 47.1 Å². The van der Waals surface area contributed by atoms with Crippen molar-refractivity contribution >= 4 is 5.91 Å². The Balaban J connectivity index is 1.70. The first-order chi connectivity index (χ1) is 10.7. The van der Waals surface area contributed by atoms with Crippen molar-refractivity contribution in [3.8, 4) is 11.1 Å². The number of aliphatic hydroxyl groups is 1. The highest BCUT2D eigenvalue weighted by atomic mass is 16.5. The zero-order chi connectivity index (χ0) is 15.4. The van der Waals surface area contributed by atoms with Gasteiger partial charge in [-0.1, -0.05) is 30.3 Å². The molecule has 0 unspecified atom stereocenters. The SMILES string of the molecule is O=C(NCC1(O)CCOCC1)c1occc1-c1ccccc1. The average Bonchev–Trinajstić information content (AvgIpc) is 3.04. The molecule has 1 aromatic heterocycles. The maximum atomic E-state index is 12.3. The summed E-state index contributed by atoms with van der Waals surface area (Å²) in [5.74, 6) is -0.0503. The maximum Gasteiger partial charge on any atom is 0.287 e. The third kappa shape index (κ3) is 3.21. The highest BCUT2D eigenvalue weighted by Crippen LogP contribution is 2.25. The molecule has 1 fully saturated rings. The molecule has 0 radical (unpaired) electrons. The molecule has 1 aliphatic rings. The van der Waals surface area contributed by atoms with E-state index in [0.717, 1.165) is 11.1 Å². The molecule has 0 saturated carbocycles. The summed E-state index contributed by atoms with van der Waals surface area (Å²) >= 11 is 0. The summed E-state index contributed by atoms with van der Waals surface area (Å²) in [6.45, 7) is 1.23. The van der Waals surface area contributed by atoms with Gasteiger partial charge >= 0.3 is 0 Å². The van der Waals surface area contributed by atoms with Crippen LogP contribution in [0.3, 0.4) is 0 Å². The summed E-state index contributed by atoms with van der Waals surface area (Å²) in [6, 6.07) is 11.4. The van der Waals surface area contributed by atoms with Crippen LogP contribution in [0.5, 0.6) is 0 Å². The lowest BCUT2D eigenvalue weighted by atomic mass is 9.94. The first-order valence-electron chi connectivity index (χ1n) is 7.39. The molecule has 2 heterocycles. The van der Waals surface area contributed by atoms with Gasteiger partial charge in [0.1, 0.15) is 0 Å². The molecule has 1 aliphatic heterocycles. The Morgan fingerprint density at radius 3 is 2.64 bits per heavy atom. The molecule has 2 aromatic rings. The summed E-state index contributed by atoms with van der Waals surface area (Å²) < 4.78 is 10.6. The van der Waals surface area contributed by atoms with E-state index in [1.807, 2.05) is 30.3 Å². The van der Waals surface area contributed by atoms with Crippen molar-refractivity contribution in [3.05, 3.63) is 48.4 Å². The van der Waals surface area contributed by atoms with Crippen LogP contribution in [0, 0.1) is 0 Å². The van der Waals surface area contributed by atoms with Crippen LogP contribution in [0.4, 0.5) is 0 Å². The van der Waals surface area contributed by atoms with Gasteiger partial charge in [0.05, 0.1) is 11.9 Å². The summed E-state index contributed by atoms with van der Waals surface area (Å²) in [5, 5.41) is 13.1. The fraction of sp³-hybridized carbons (Fsp3) is 0.353. The van der Waals surface area contributed by atoms with Gasteiger partial charge in [0.25, 0.3) is 5.91 Å². The number of benzene rings is 1. The van der Waals surface area contributed by atoms with E-state index in [2.05, 4.69) is 5.32 Å². The number of carbonyl (C=O) groups is 1. The standard InChI is InChI=1S/C17H19NO4/c19-16(18-12-17(20)7-10-21-11-8-17)15-14(6-9-22-15)13-4-2-1-3-5-13/h1-6,9,20H,7-8,10-12H2,(H,18,19). The Labute approximate surface area is 128 Å². The molecule has 2 N–H and O–H groups in total. The van der Waals surface area contributed by atoms with Gasteiger partial charge in [-0.2, -0.15) is 0 Å². The minimum atomic E-state index is -0.895. The molecular weight excluding hydrogens is 282 g/mol. The zero-order valence-corrected chi connectivity index (χ0v) is 12.2. The molecular formula is C17H19NO4. The Morgan fingerprint density at radius 1 is 1.18 bits per heavy atom. The van der Waals surface area contributed by atoms with E-state index in [1.165, 1.54) is 6.26 Å². The smallest absolute Gasteiger partial charge is 0.287 e. The minimum absolute atomic E-state index is 0.199. The van der Waals surface area contributed by atoms with E-state index in [4.69, 9.17) is 9.15 Å². The molecule has 1 amide bonds. The van der Waals surface area contributed by atoms with Gasteiger partial charge in [-0.15, -0.1) is 0 Å². The Morgan fingerprint density at radius 2 is 1.91 bits per heavy atom. The second kappa shape index (κ2) is 6.34. The second-order valence-corrected chi connectivity index (χ2v) is 5.55. The fourth-order valence-corrected chi connectivity index (χ4v) is 2.58. The van der Waals surface area contributed by atoms with Gasteiger partial charge < -0.3 is 19.6 Å². The van der Waals surface area contributed by atoms with Crippen molar-refractivity contribution in [1.82, 2.24) is 5.32 Å². The monoisotopic (exact) mass is 301 g/mol. The predicted molar refractivity (Wildman–Crippen MR) is 81.5 cm³/mol. The molecule has 5 nitrogen and oxygen atoms in total. The van der Waals surface area contributed by atoms with Crippen LogP contribution in [-0.4, -0.2) is 36.4 Å². The van der Waals surface area contributed by atoms with E-state index in [-0.39, 0.29) is 18.2 Å². The van der Waals surface area contributed by atoms with Crippen molar-refractivity contribution in [2.75, 3.05) is 19.8 Å². The molecule has 116 valence electrons. The van der Waals surface area contributed by atoms with Crippen LogP contribution in [-0.2, 0) is 4.74 Å². The first kappa shape index (κ1) is 14.8. The van der Waals surface area contributed by atoms with Gasteiger partial charge in [-0.05, 0) is 11.6 Å². The van der Waals surface area contributed by atoms with Crippen molar-refractivity contribution in [1.29, 1.82) is 0 Å². The number of hydrogen-bond acceptors (Lipinski definition) is 4. The number of furan rings is 1. The molecule has 0 aliphatic carbocycles. The van der Waals surface area contributed by atoms with E-state index in [0.29, 0.717) is 26.1 Å². The van der Waals surface area contributed by atoms with Crippen LogP contribution in [0.1, 0.15) is 23.4 Å². The van der Waals surface area contributed by atoms with Crippen molar-refractivity contribution in [2.24, 2.45) is 0 Å². The first-order valence-corrected chi connectivity index (χ1v) is 7.39. The average molecular weight is 301 g/mol. The summed E-state index contributed by atoms with van der Waals surface area (Å²) in [5.41, 5.74) is 0.774. The number of rotatable bonds is 4. The Kier molecular flexibility index (Phi) is 4.27. The van der Waals surface area contributed by atoms with Crippen molar-refractivity contribution < 1.29 is 19.1 Å². The molecule has 0 atom stereocenters. The Hall–Kier alpha value is -2.11. The number of carbonyl (C=O) groups excluding carboxylic acids is 1. The normalized spacial score (nSPS) is 17.1. The van der Waals surface area contributed by atoms with Gasteiger partial charge in [-0.3, -0.25) is 4.79 Å². The lowest BCUT2D eigenvalue weighted by Crippen LogP contribution is -2.46. The molecule has 5 heteroatoms. The van der Waals surface area contributed by atoms with E-state index in [9.17, 15) is 9.90 Å². The van der Waals surface area contributed by atoms with Gasteiger partial charge in [0, 0.05) is 38.2 Å². The van der Waals surface area contributed by atoms with Gasteiger partial charge in [0.2, 0.25) is 0 Å². The van der Waals surface area contributed by atoms with Crippen LogP contribution < -0.4 is 5.32 Å². The maximum absolute atomic E-state index is 12.3. The lowest BCUT2D eigenvalue weighted by molar-refractivity contribution is -0.0605. The number of nitrogens with one attached hydrogen (secondary N) is 1. The predicted octanol–water partition coefficient (Wildman–Crippen LogP) is 2.22. The molecule has 3 rings (SSSR count). The highest BCUT2D eigenvalue weighted by molar-refractivity contribution is 5.98. The van der Waals surface area contributed by atoms with E-state index < -0.39 is 5.60 Å². The largest absolute Gasteiger partial charge is 0.459 e. The summed E-state index contributed by atoms with van der Waals surface area (Å²) in [6.07, 6.45) is 2.55. The van der Waals surface area contributed by atoms with E-state index in [1.54, 1.807) is 6.07 Å². The van der Waals surface area contributed by atoms with Gasteiger partial charge in [0.15, 0.2) is 5.76 Å². The lowest BCUT2D eigenvalue weighted by Gasteiger charge is -2.31. The van der Waals surface area contributed by atoms with Crippen LogP contribution in [0.2, 0.25) is 0 Å². The second-order valence-electron chi connectivity index (χ2n) is 5.55. The topological polar surface area (TPSA) is 71.7 Å². The number of amides is 1. The van der Waals surface area contributed by atoms with Crippen LogP contribution in [0.25, 0.3) is 11.1 Å². The van der Waals surface area contributed by atoms with Crippen molar-refractivity contribution in [3.63, 3.8) is 0 Å². The third-order valence-corrected chi connectivity index (χ3v) is 3.96. The number of ether oxygens (including phenoxy) is 1. The minimum Gasteiger partial charge on any atom is -0.459 e. The Bertz CT molecular complexity index is 629. The molecule has 0 bridgehead atoms. The van der Waals surface area contributed by atoms with Gasteiger partial charge in [-0.25, -0.2) is 0 Å². The highest BCUT2D eigenvalue weighted by Gasteiger charge is 2.30. The van der Waals surface area contributed by atoms with Crippen LogP contribution >= 0.6 is 0 Å². The zero-order valence-electron chi connectivity index (χ0n) is 12.2. The molecule has 0 spiro atoms. The van der Waals surface area contributed by atoms with E-state index >= 15 is 0 Å². The molecule has 22 heavy (non-hydrogen) atoms. The summed E-state index contributed by atoms with van der Waals surface area (Å²) in [7, 11) is 0. The number of hydrogen-bond donors (Lipinski definition) is 2. The molecule has 1 saturated heterocycles. The molecule has 1 aromatic carbocycles. The quantitative estimate of drug-likeness (QED) is 0.908. The summed E-state index contributed by atoms with van der Waals surface area (Å²) in [4.78, 5) is 12.3. The van der Waals surface area contributed by atoms with Crippen molar-refractivity contribution in [2.45, 2.75) is 18.4 Å².